The first-order valence-corrected chi connectivity index (χ1v) is 9.42. The summed E-state index contributed by atoms with van der Waals surface area (Å²) >= 11 is 1.93. The van der Waals surface area contributed by atoms with Gasteiger partial charge in [0.05, 0.1) is 11.3 Å². The van der Waals surface area contributed by atoms with Crippen LogP contribution in [-0.2, 0) is 0 Å². The number of nitrogens with zero attached hydrogens (tertiary/aromatic N) is 1. The van der Waals surface area contributed by atoms with E-state index in [1.165, 1.54) is 21.7 Å². The smallest absolute Gasteiger partial charge is 0.335 e. The molecule has 0 amide bonds. The number of allylic oxidation sites excluding steroid dienone is 1. The van der Waals surface area contributed by atoms with Crippen LogP contribution in [0.1, 0.15) is 35.3 Å². The topological polar surface area (TPSA) is 40.5 Å². The summed E-state index contributed by atoms with van der Waals surface area (Å²) in [6.45, 7) is 5.48. The number of anilines is 1. The number of rotatable bonds is 3. The van der Waals surface area contributed by atoms with Crippen molar-refractivity contribution < 1.29 is 9.90 Å². The Morgan fingerprint density at radius 2 is 1.88 bits per heavy atom. The molecule has 0 spiro atoms. The maximum absolute atomic E-state index is 10.9. The third-order valence-electron chi connectivity index (χ3n) is 4.48. The van der Waals surface area contributed by atoms with Gasteiger partial charge < -0.3 is 10.0 Å². The lowest BCUT2D eigenvalue weighted by Crippen LogP contribution is -2.23. The number of aromatic carboxylic acids is 1. The number of carboxylic acids is 1. The third kappa shape index (κ3) is 4.07. The lowest BCUT2D eigenvalue weighted by molar-refractivity contribution is 0.0697. The Kier molecular flexibility index (Phi) is 5.19. The monoisotopic (exact) mass is 353 g/mol. The minimum atomic E-state index is -0.895. The van der Waals surface area contributed by atoms with E-state index in [0.29, 0.717) is 11.5 Å². The zero-order valence-electron chi connectivity index (χ0n) is 14.8. The van der Waals surface area contributed by atoms with E-state index in [0.717, 1.165) is 17.9 Å². The van der Waals surface area contributed by atoms with Gasteiger partial charge in [-0.2, -0.15) is 0 Å². The summed E-state index contributed by atoms with van der Waals surface area (Å²) in [5.74, 6) is 0.920. The molecule has 0 saturated heterocycles. The Labute approximate surface area is 153 Å². The molecule has 4 heteroatoms. The summed E-state index contributed by atoms with van der Waals surface area (Å²) in [5, 5.41) is 8.99. The van der Waals surface area contributed by atoms with Crippen molar-refractivity contribution in [2.75, 3.05) is 24.2 Å². The van der Waals surface area contributed by atoms with Crippen LogP contribution in [0, 0.1) is 5.92 Å². The van der Waals surface area contributed by atoms with Crippen molar-refractivity contribution in [3.8, 4) is 0 Å². The van der Waals surface area contributed by atoms with Crippen LogP contribution in [0.15, 0.2) is 47.4 Å². The highest BCUT2D eigenvalue weighted by Gasteiger charge is 2.17. The van der Waals surface area contributed by atoms with Crippen LogP contribution in [0.2, 0.25) is 0 Å². The molecule has 0 aromatic heterocycles. The highest BCUT2D eigenvalue weighted by atomic mass is 32.2. The standard InChI is InChI=1S/C21H23NO2S/c1-14-12-22(3)19-9-8-18(11-20(19)25-13-14)15(2)10-16-4-6-17(7-5-16)21(23)24/h4-11,14H,12-13H2,1-3H3,(H,23,24)/b15-10+. The summed E-state index contributed by atoms with van der Waals surface area (Å²) < 4.78 is 0. The lowest BCUT2D eigenvalue weighted by Gasteiger charge is -2.21. The molecule has 0 radical (unpaired) electrons. The Morgan fingerprint density at radius 1 is 1.20 bits per heavy atom. The first kappa shape index (κ1) is 17.6. The highest BCUT2D eigenvalue weighted by molar-refractivity contribution is 7.99. The molecule has 0 aliphatic carbocycles. The number of hydrogen-bond acceptors (Lipinski definition) is 3. The van der Waals surface area contributed by atoms with Gasteiger partial charge in [-0.25, -0.2) is 4.79 Å². The van der Waals surface area contributed by atoms with E-state index in [1.54, 1.807) is 12.1 Å². The van der Waals surface area contributed by atoms with E-state index in [2.05, 4.69) is 50.1 Å². The first-order chi connectivity index (χ1) is 11.9. The number of carbonyl (C=O) groups is 1. The average molecular weight is 353 g/mol. The summed E-state index contributed by atoms with van der Waals surface area (Å²) in [6, 6.07) is 13.6. The molecule has 0 bridgehead atoms. The number of hydrogen-bond donors (Lipinski definition) is 1. The average Bonchev–Trinajstić information content (AvgIpc) is 2.73. The van der Waals surface area contributed by atoms with E-state index in [1.807, 2.05) is 23.9 Å². The van der Waals surface area contributed by atoms with Gasteiger partial charge >= 0.3 is 5.97 Å². The molecule has 130 valence electrons. The van der Waals surface area contributed by atoms with Crippen LogP contribution in [0.25, 0.3) is 11.6 Å². The molecule has 3 nitrogen and oxygen atoms in total. The molecular weight excluding hydrogens is 330 g/mol. The van der Waals surface area contributed by atoms with Crippen molar-refractivity contribution in [1.29, 1.82) is 0 Å². The van der Waals surface area contributed by atoms with Crippen molar-refractivity contribution in [3.63, 3.8) is 0 Å². The Morgan fingerprint density at radius 3 is 2.56 bits per heavy atom. The van der Waals surface area contributed by atoms with Gasteiger partial charge in [0.1, 0.15) is 0 Å². The predicted molar refractivity (Wildman–Crippen MR) is 107 cm³/mol. The Hall–Kier alpha value is -2.20. The minimum absolute atomic E-state index is 0.313. The van der Waals surface area contributed by atoms with Crippen LogP contribution in [0.5, 0.6) is 0 Å². The van der Waals surface area contributed by atoms with E-state index >= 15 is 0 Å². The number of carboxylic acid groups (broad SMARTS) is 1. The van der Waals surface area contributed by atoms with Gasteiger partial charge in [0.15, 0.2) is 0 Å². The van der Waals surface area contributed by atoms with Gasteiger partial charge in [0.25, 0.3) is 0 Å². The first-order valence-electron chi connectivity index (χ1n) is 8.44. The maximum atomic E-state index is 10.9. The number of thioether (sulfide) groups is 1. The van der Waals surface area contributed by atoms with E-state index in [4.69, 9.17) is 5.11 Å². The molecule has 1 aliphatic rings. The van der Waals surface area contributed by atoms with Crippen molar-refractivity contribution >= 4 is 35.1 Å². The second kappa shape index (κ2) is 7.36. The van der Waals surface area contributed by atoms with Crippen LogP contribution in [0.4, 0.5) is 5.69 Å². The van der Waals surface area contributed by atoms with Crippen LogP contribution in [-0.4, -0.2) is 30.4 Å². The molecular formula is C21H23NO2S. The molecule has 2 aromatic carbocycles. The second-order valence-electron chi connectivity index (χ2n) is 6.73. The SMILES string of the molecule is C/C(=C\c1ccc(C(=O)O)cc1)c1ccc2c(c1)SCC(C)CN2C. The Balaban J connectivity index is 1.87. The molecule has 1 heterocycles. The molecule has 0 fully saturated rings. The van der Waals surface area contributed by atoms with Crippen LogP contribution >= 0.6 is 11.8 Å². The molecule has 3 rings (SSSR count). The zero-order chi connectivity index (χ0) is 18.0. The number of fused-ring (bicyclic) bond motifs is 1. The fraction of sp³-hybridized carbons (Fsp3) is 0.286. The minimum Gasteiger partial charge on any atom is -0.478 e. The molecule has 1 unspecified atom stereocenters. The van der Waals surface area contributed by atoms with Gasteiger partial charge in [-0.15, -0.1) is 11.8 Å². The van der Waals surface area contributed by atoms with Crippen LogP contribution < -0.4 is 4.90 Å². The second-order valence-corrected chi connectivity index (χ2v) is 7.80. The van der Waals surface area contributed by atoms with Gasteiger partial charge in [-0.05, 0) is 53.8 Å². The van der Waals surface area contributed by atoms with Gasteiger partial charge in [0.2, 0.25) is 0 Å². The van der Waals surface area contributed by atoms with Crippen molar-refractivity contribution in [1.82, 2.24) is 0 Å². The fourth-order valence-electron chi connectivity index (χ4n) is 3.10. The normalized spacial score (nSPS) is 17.8. The fourth-order valence-corrected chi connectivity index (χ4v) is 4.25. The molecule has 1 N–H and O–H groups in total. The van der Waals surface area contributed by atoms with Crippen molar-refractivity contribution in [3.05, 3.63) is 59.2 Å². The largest absolute Gasteiger partial charge is 0.478 e. The summed E-state index contributed by atoms with van der Waals surface area (Å²) in [6.07, 6.45) is 2.10. The maximum Gasteiger partial charge on any atom is 0.335 e. The molecule has 1 aliphatic heterocycles. The third-order valence-corrected chi connectivity index (χ3v) is 5.85. The molecule has 2 aromatic rings. The van der Waals surface area contributed by atoms with Gasteiger partial charge in [0, 0.05) is 24.2 Å². The number of benzene rings is 2. The van der Waals surface area contributed by atoms with Crippen molar-refractivity contribution in [2.45, 2.75) is 18.7 Å². The summed E-state index contributed by atoms with van der Waals surface area (Å²) in [4.78, 5) is 14.6. The summed E-state index contributed by atoms with van der Waals surface area (Å²) in [7, 11) is 2.16. The van der Waals surface area contributed by atoms with E-state index in [-0.39, 0.29) is 0 Å². The van der Waals surface area contributed by atoms with E-state index in [9.17, 15) is 4.79 Å². The van der Waals surface area contributed by atoms with E-state index < -0.39 is 5.97 Å². The van der Waals surface area contributed by atoms with Gasteiger partial charge in [-0.1, -0.05) is 31.2 Å². The summed E-state index contributed by atoms with van der Waals surface area (Å²) in [5.41, 5.74) is 5.00. The van der Waals surface area contributed by atoms with Gasteiger partial charge in [-0.3, -0.25) is 0 Å². The van der Waals surface area contributed by atoms with Crippen LogP contribution in [0.3, 0.4) is 0 Å². The zero-order valence-corrected chi connectivity index (χ0v) is 15.6. The predicted octanol–water partition coefficient (Wildman–Crippen LogP) is 5.12. The lowest BCUT2D eigenvalue weighted by atomic mass is 10.0. The molecule has 0 saturated carbocycles. The quantitative estimate of drug-likeness (QED) is 0.777. The Bertz CT molecular complexity index is 811. The van der Waals surface area contributed by atoms with Crippen molar-refractivity contribution in [2.24, 2.45) is 5.92 Å². The highest BCUT2D eigenvalue weighted by Crippen LogP contribution is 2.36. The molecule has 25 heavy (non-hydrogen) atoms. The molecule has 1 atom stereocenters.